The Balaban J connectivity index is 1.86. The average Bonchev–Trinajstić information content (AvgIpc) is 2.63. The predicted molar refractivity (Wildman–Crippen MR) is 99.2 cm³/mol. The number of unbranched alkanes of at least 4 members (excludes halogenated alkanes) is 1. The second-order valence-electron chi connectivity index (χ2n) is 6.26. The molecule has 0 amide bonds. The fraction of sp³-hybridized carbons (Fsp3) is 0.632. The number of pyridine rings is 1. The normalized spacial score (nSPS) is 15.0. The Labute approximate surface area is 150 Å². The molecule has 0 spiro atoms. The maximum absolute atomic E-state index is 6.00. The Morgan fingerprint density at radius 2 is 2.24 bits per heavy atom. The summed E-state index contributed by atoms with van der Waals surface area (Å²) in [7, 11) is 0. The maximum Gasteiger partial charge on any atom is 0.155 e. The molecule has 1 aromatic rings. The highest BCUT2D eigenvalue weighted by atomic mass is 17.2. The van der Waals surface area contributed by atoms with Gasteiger partial charge in [-0.05, 0) is 57.1 Å². The quantitative estimate of drug-likeness (QED) is 0.271. The van der Waals surface area contributed by atoms with Gasteiger partial charge in [0.05, 0.1) is 19.8 Å². The Morgan fingerprint density at radius 1 is 1.36 bits per heavy atom. The van der Waals surface area contributed by atoms with Crippen LogP contribution in [0, 0.1) is 0 Å². The highest BCUT2D eigenvalue weighted by Gasteiger charge is 2.20. The molecule has 6 nitrogen and oxygen atoms in total. The Kier molecular flexibility index (Phi) is 8.90. The van der Waals surface area contributed by atoms with Gasteiger partial charge in [0.25, 0.3) is 0 Å². The number of nitrogens with zero attached hydrogens (tertiary/aromatic N) is 2. The van der Waals surface area contributed by atoms with Gasteiger partial charge >= 0.3 is 0 Å². The summed E-state index contributed by atoms with van der Waals surface area (Å²) in [4.78, 5) is 20.6. The van der Waals surface area contributed by atoms with Crippen LogP contribution >= 0.6 is 0 Å². The Hall–Kier alpha value is -1.47. The average molecular weight is 349 g/mol. The van der Waals surface area contributed by atoms with Gasteiger partial charge in [0.1, 0.15) is 0 Å². The van der Waals surface area contributed by atoms with Crippen LogP contribution in [0.25, 0.3) is 0 Å². The summed E-state index contributed by atoms with van der Waals surface area (Å²) >= 11 is 0. The molecule has 1 unspecified atom stereocenters. The highest BCUT2D eigenvalue weighted by Crippen LogP contribution is 2.26. The van der Waals surface area contributed by atoms with Crippen molar-refractivity contribution < 1.29 is 14.6 Å². The van der Waals surface area contributed by atoms with E-state index in [1.54, 1.807) is 0 Å². The number of aromatic nitrogens is 1. The molecule has 0 aromatic carbocycles. The van der Waals surface area contributed by atoms with Gasteiger partial charge < -0.3 is 5.73 Å². The van der Waals surface area contributed by atoms with Gasteiger partial charge in [-0.2, -0.15) is 0 Å². The molecule has 0 radical (unpaired) electrons. The number of hydrogen-bond acceptors (Lipinski definition) is 6. The monoisotopic (exact) mass is 349 g/mol. The lowest BCUT2D eigenvalue weighted by Crippen LogP contribution is -2.36. The minimum absolute atomic E-state index is 0.0311. The first-order valence-electron chi connectivity index (χ1n) is 9.24. The van der Waals surface area contributed by atoms with Gasteiger partial charge in [0.15, 0.2) is 5.82 Å². The van der Waals surface area contributed by atoms with E-state index in [2.05, 4.69) is 18.7 Å². The van der Waals surface area contributed by atoms with Crippen molar-refractivity contribution in [3.05, 3.63) is 36.0 Å². The van der Waals surface area contributed by atoms with Crippen LogP contribution in [0.5, 0.6) is 0 Å². The van der Waals surface area contributed by atoms with Gasteiger partial charge in [-0.15, -0.1) is 6.58 Å². The van der Waals surface area contributed by atoms with E-state index in [1.165, 1.54) is 5.56 Å². The molecule has 140 valence electrons. The predicted octanol–water partition coefficient (Wildman–Crippen LogP) is 2.96. The summed E-state index contributed by atoms with van der Waals surface area (Å²) in [5, 5.41) is 1.91. The summed E-state index contributed by atoms with van der Waals surface area (Å²) in [6.07, 6.45) is 7.58. The van der Waals surface area contributed by atoms with Crippen LogP contribution in [-0.2, 0) is 27.5 Å². The smallest absolute Gasteiger partial charge is 0.155 e. The molecule has 1 aliphatic heterocycles. The minimum atomic E-state index is -0.0311. The van der Waals surface area contributed by atoms with Crippen LogP contribution in [-0.4, -0.2) is 37.4 Å². The number of rotatable bonds is 12. The minimum Gasteiger partial charge on any atom is -0.325 e. The standard InChI is InChI=1S/C19H31N3O3/c1-3-8-17(20)15-23-22-13-7-9-16-11-12-18(21-19(16)22)10-5-6-14-25-24-4-2/h3,11-12,17H,1,4-10,13-15,20H2,2H3. The van der Waals surface area contributed by atoms with Crippen LogP contribution in [0.15, 0.2) is 24.8 Å². The van der Waals surface area contributed by atoms with Crippen LogP contribution in [0.3, 0.4) is 0 Å². The van der Waals surface area contributed by atoms with Crippen molar-refractivity contribution in [1.29, 1.82) is 0 Å². The zero-order valence-corrected chi connectivity index (χ0v) is 15.3. The van der Waals surface area contributed by atoms with Crippen molar-refractivity contribution in [2.45, 2.75) is 51.5 Å². The van der Waals surface area contributed by atoms with E-state index in [4.69, 9.17) is 25.3 Å². The SMILES string of the molecule is C=CCC(N)CON1CCCc2ccc(CCCCOOCC)nc21. The van der Waals surface area contributed by atoms with Crippen molar-refractivity contribution in [2.24, 2.45) is 5.73 Å². The van der Waals surface area contributed by atoms with Crippen LogP contribution in [0.1, 0.15) is 43.9 Å². The van der Waals surface area contributed by atoms with E-state index in [-0.39, 0.29) is 6.04 Å². The van der Waals surface area contributed by atoms with Crippen LogP contribution in [0.4, 0.5) is 5.82 Å². The van der Waals surface area contributed by atoms with E-state index in [1.807, 2.05) is 18.1 Å². The molecular formula is C19H31N3O3. The number of fused-ring (bicyclic) bond motifs is 1. The molecule has 6 heteroatoms. The number of anilines is 1. The third kappa shape index (κ3) is 6.74. The van der Waals surface area contributed by atoms with E-state index in [0.29, 0.717) is 19.8 Å². The highest BCUT2D eigenvalue weighted by molar-refractivity contribution is 5.47. The maximum atomic E-state index is 6.00. The lowest BCUT2D eigenvalue weighted by atomic mass is 10.1. The fourth-order valence-corrected chi connectivity index (χ4v) is 2.79. The van der Waals surface area contributed by atoms with Crippen LogP contribution in [0.2, 0.25) is 0 Å². The van der Waals surface area contributed by atoms with Gasteiger partial charge in [-0.25, -0.2) is 19.8 Å². The zero-order chi connectivity index (χ0) is 17.9. The molecule has 2 heterocycles. The van der Waals surface area contributed by atoms with E-state index in [9.17, 15) is 0 Å². The van der Waals surface area contributed by atoms with E-state index in [0.717, 1.165) is 56.6 Å². The summed E-state index contributed by atoms with van der Waals surface area (Å²) in [5.74, 6) is 0.945. The summed E-state index contributed by atoms with van der Waals surface area (Å²) in [5.41, 5.74) is 8.33. The number of nitrogens with two attached hydrogens (primary N) is 1. The molecule has 0 bridgehead atoms. The van der Waals surface area contributed by atoms with E-state index < -0.39 is 0 Å². The molecular weight excluding hydrogens is 318 g/mol. The largest absolute Gasteiger partial charge is 0.325 e. The molecule has 2 N–H and O–H groups in total. The van der Waals surface area contributed by atoms with Gasteiger partial charge in [0.2, 0.25) is 0 Å². The van der Waals surface area contributed by atoms with Crippen molar-refractivity contribution in [3.8, 4) is 0 Å². The van der Waals surface area contributed by atoms with Gasteiger partial charge in [0, 0.05) is 18.3 Å². The van der Waals surface area contributed by atoms with Crippen LogP contribution < -0.4 is 10.8 Å². The molecule has 0 saturated heterocycles. The second-order valence-corrected chi connectivity index (χ2v) is 6.26. The molecule has 1 atom stereocenters. The Morgan fingerprint density at radius 3 is 3.04 bits per heavy atom. The second kappa shape index (κ2) is 11.2. The lowest BCUT2D eigenvalue weighted by molar-refractivity contribution is -0.291. The third-order valence-electron chi connectivity index (χ3n) is 4.08. The van der Waals surface area contributed by atoms with Crippen molar-refractivity contribution >= 4 is 5.82 Å². The molecule has 1 aliphatic rings. The van der Waals surface area contributed by atoms with Crippen molar-refractivity contribution in [1.82, 2.24) is 4.98 Å². The third-order valence-corrected chi connectivity index (χ3v) is 4.08. The molecule has 0 saturated carbocycles. The summed E-state index contributed by atoms with van der Waals surface area (Å²) in [6, 6.07) is 4.26. The number of hydrogen-bond donors (Lipinski definition) is 1. The molecule has 1 aromatic heterocycles. The summed E-state index contributed by atoms with van der Waals surface area (Å²) < 4.78 is 0. The van der Waals surface area contributed by atoms with Crippen molar-refractivity contribution in [2.75, 3.05) is 31.4 Å². The van der Waals surface area contributed by atoms with Crippen molar-refractivity contribution in [3.63, 3.8) is 0 Å². The first-order valence-corrected chi connectivity index (χ1v) is 9.24. The fourth-order valence-electron chi connectivity index (χ4n) is 2.79. The lowest BCUT2D eigenvalue weighted by Gasteiger charge is -2.30. The molecule has 0 aliphatic carbocycles. The zero-order valence-electron chi connectivity index (χ0n) is 15.3. The molecule has 0 fully saturated rings. The summed E-state index contributed by atoms with van der Waals surface area (Å²) in [6.45, 7) is 8.16. The van der Waals surface area contributed by atoms with Gasteiger partial charge in [-0.1, -0.05) is 12.1 Å². The number of aryl methyl sites for hydroxylation is 2. The first kappa shape index (κ1) is 19.8. The van der Waals surface area contributed by atoms with Gasteiger partial charge in [-0.3, -0.25) is 4.84 Å². The number of hydroxylamine groups is 1. The molecule has 2 rings (SSSR count). The first-order chi connectivity index (χ1) is 12.2. The van der Waals surface area contributed by atoms with E-state index >= 15 is 0 Å². The molecule has 25 heavy (non-hydrogen) atoms. The topological polar surface area (TPSA) is 69.8 Å². The Bertz CT molecular complexity index is 525.